The molecule has 5 heteroatoms. The maximum Gasteiger partial charge on any atom is 0.177 e. The van der Waals surface area contributed by atoms with Crippen molar-refractivity contribution in [2.45, 2.75) is 17.7 Å². The van der Waals surface area contributed by atoms with Gasteiger partial charge in [-0.3, -0.25) is 0 Å². The zero-order valence-corrected chi connectivity index (χ0v) is 10.1. The van der Waals surface area contributed by atoms with Crippen LogP contribution in [0.4, 0.5) is 11.4 Å². The summed E-state index contributed by atoms with van der Waals surface area (Å²) in [6.07, 6.45) is 3.46. The molecule has 88 valence electrons. The molecule has 2 rings (SSSR count). The monoisotopic (exact) mass is 240 g/mol. The molecule has 0 spiro atoms. The van der Waals surface area contributed by atoms with Gasteiger partial charge in [0.25, 0.3) is 0 Å². The Morgan fingerprint density at radius 3 is 2.44 bits per heavy atom. The lowest BCUT2D eigenvalue weighted by atomic mass is 10.2. The minimum Gasteiger partial charge on any atom is -0.399 e. The Morgan fingerprint density at radius 2 is 1.88 bits per heavy atom. The average Bonchev–Trinajstić information content (AvgIpc) is 2.69. The summed E-state index contributed by atoms with van der Waals surface area (Å²) < 4.78 is 23.4. The van der Waals surface area contributed by atoms with Gasteiger partial charge in [0.05, 0.1) is 10.6 Å². The van der Waals surface area contributed by atoms with Crippen LogP contribution in [-0.4, -0.2) is 27.8 Å². The second-order valence-electron chi connectivity index (χ2n) is 4.19. The first-order valence-corrected chi connectivity index (χ1v) is 7.22. The van der Waals surface area contributed by atoms with Crippen LogP contribution in [0.5, 0.6) is 0 Å². The van der Waals surface area contributed by atoms with Gasteiger partial charge in [0.2, 0.25) is 0 Å². The molecule has 1 aliphatic heterocycles. The summed E-state index contributed by atoms with van der Waals surface area (Å²) in [7, 11) is -3.22. The highest BCUT2D eigenvalue weighted by Crippen LogP contribution is 2.29. The molecule has 1 aromatic carbocycles. The molecule has 2 N–H and O–H groups in total. The van der Waals surface area contributed by atoms with Gasteiger partial charge in [0.15, 0.2) is 9.84 Å². The Morgan fingerprint density at radius 1 is 1.25 bits per heavy atom. The maximum absolute atomic E-state index is 11.7. The average molecular weight is 240 g/mol. The molecule has 0 unspecified atom stereocenters. The van der Waals surface area contributed by atoms with E-state index in [1.807, 2.05) is 0 Å². The zero-order valence-electron chi connectivity index (χ0n) is 9.31. The van der Waals surface area contributed by atoms with Gasteiger partial charge < -0.3 is 10.6 Å². The van der Waals surface area contributed by atoms with Crippen LogP contribution in [0.25, 0.3) is 0 Å². The number of nitrogen functional groups attached to an aromatic ring is 1. The second kappa shape index (κ2) is 3.97. The van der Waals surface area contributed by atoms with Gasteiger partial charge in [-0.2, -0.15) is 0 Å². The van der Waals surface area contributed by atoms with E-state index in [9.17, 15) is 8.42 Å². The van der Waals surface area contributed by atoms with Crippen LogP contribution >= 0.6 is 0 Å². The lowest BCUT2D eigenvalue weighted by Crippen LogP contribution is -2.20. The molecule has 1 saturated heterocycles. The fourth-order valence-electron chi connectivity index (χ4n) is 2.05. The Bertz CT molecular complexity index is 491. The number of benzene rings is 1. The van der Waals surface area contributed by atoms with E-state index < -0.39 is 9.84 Å². The lowest BCUT2D eigenvalue weighted by molar-refractivity contribution is 0.601. The number of hydrogen-bond donors (Lipinski definition) is 1. The molecule has 0 amide bonds. The third-order valence-corrected chi connectivity index (χ3v) is 3.96. The molecular weight excluding hydrogens is 224 g/mol. The molecule has 0 atom stereocenters. The first-order chi connectivity index (χ1) is 7.48. The summed E-state index contributed by atoms with van der Waals surface area (Å²) >= 11 is 0. The minimum absolute atomic E-state index is 0.342. The molecule has 0 radical (unpaired) electrons. The van der Waals surface area contributed by atoms with Crippen LogP contribution in [0.1, 0.15) is 12.8 Å². The molecule has 1 fully saturated rings. The number of nitrogens with zero attached hydrogens (tertiary/aromatic N) is 1. The van der Waals surface area contributed by atoms with Gasteiger partial charge in [0, 0.05) is 25.0 Å². The molecule has 1 aliphatic rings. The van der Waals surface area contributed by atoms with E-state index in [0.29, 0.717) is 10.6 Å². The van der Waals surface area contributed by atoms with Gasteiger partial charge in [-0.25, -0.2) is 8.42 Å². The van der Waals surface area contributed by atoms with Gasteiger partial charge >= 0.3 is 0 Å². The summed E-state index contributed by atoms with van der Waals surface area (Å²) in [5.41, 5.74) is 6.92. The summed E-state index contributed by atoms with van der Waals surface area (Å²) in [6, 6.07) is 5.10. The molecule has 0 bridgehead atoms. The smallest absolute Gasteiger partial charge is 0.177 e. The highest BCUT2D eigenvalue weighted by atomic mass is 32.2. The van der Waals surface area contributed by atoms with Crippen LogP contribution in [-0.2, 0) is 9.84 Å². The number of sulfone groups is 1. The number of anilines is 2. The van der Waals surface area contributed by atoms with Crippen molar-refractivity contribution in [2.24, 2.45) is 0 Å². The summed E-state index contributed by atoms with van der Waals surface area (Å²) in [6.45, 7) is 1.85. The highest BCUT2D eigenvalue weighted by molar-refractivity contribution is 7.90. The van der Waals surface area contributed by atoms with Crippen molar-refractivity contribution in [3.8, 4) is 0 Å². The highest BCUT2D eigenvalue weighted by Gasteiger charge is 2.20. The largest absolute Gasteiger partial charge is 0.399 e. The molecule has 0 aliphatic carbocycles. The minimum atomic E-state index is -3.22. The van der Waals surface area contributed by atoms with Crippen LogP contribution in [0.2, 0.25) is 0 Å². The molecule has 16 heavy (non-hydrogen) atoms. The molecule has 1 heterocycles. The molecule has 4 nitrogen and oxygen atoms in total. The third-order valence-electron chi connectivity index (χ3n) is 2.83. The number of hydrogen-bond acceptors (Lipinski definition) is 4. The predicted octanol–water partition coefficient (Wildman–Crippen LogP) is 1.27. The van der Waals surface area contributed by atoms with Crippen molar-refractivity contribution < 1.29 is 8.42 Å². The Kier molecular flexibility index (Phi) is 2.80. The van der Waals surface area contributed by atoms with Crippen LogP contribution < -0.4 is 10.6 Å². The van der Waals surface area contributed by atoms with Gasteiger partial charge in [-0.15, -0.1) is 0 Å². The summed E-state index contributed by atoms with van der Waals surface area (Å²) in [5, 5.41) is 0. The van der Waals surface area contributed by atoms with Gasteiger partial charge in [-0.05, 0) is 31.0 Å². The second-order valence-corrected chi connectivity index (χ2v) is 6.18. The quantitative estimate of drug-likeness (QED) is 0.791. The molecule has 0 saturated carbocycles. The Balaban J connectivity index is 2.52. The van der Waals surface area contributed by atoms with Crippen LogP contribution in [0.3, 0.4) is 0 Å². The van der Waals surface area contributed by atoms with E-state index in [1.54, 1.807) is 18.2 Å². The summed E-state index contributed by atoms with van der Waals surface area (Å²) in [4.78, 5) is 2.45. The van der Waals surface area contributed by atoms with Crippen molar-refractivity contribution in [2.75, 3.05) is 30.0 Å². The standard InChI is InChI=1S/C11H16N2O2S/c1-16(14,15)11-8-9(12)4-5-10(11)13-6-2-3-7-13/h4-5,8H,2-3,6-7,12H2,1H3. The zero-order chi connectivity index (χ0) is 11.8. The van der Waals surface area contributed by atoms with E-state index in [4.69, 9.17) is 5.73 Å². The van der Waals surface area contributed by atoms with Crippen molar-refractivity contribution in [3.63, 3.8) is 0 Å². The normalized spacial score (nSPS) is 16.7. The maximum atomic E-state index is 11.7. The van der Waals surface area contributed by atoms with Crippen molar-refractivity contribution in [1.29, 1.82) is 0 Å². The lowest BCUT2D eigenvalue weighted by Gasteiger charge is -2.20. The van der Waals surface area contributed by atoms with Gasteiger partial charge in [-0.1, -0.05) is 0 Å². The molecular formula is C11H16N2O2S. The van der Waals surface area contributed by atoms with Crippen molar-refractivity contribution in [1.82, 2.24) is 0 Å². The van der Waals surface area contributed by atoms with E-state index >= 15 is 0 Å². The van der Waals surface area contributed by atoms with Crippen molar-refractivity contribution in [3.05, 3.63) is 18.2 Å². The van der Waals surface area contributed by atoms with Gasteiger partial charge in [0.1, 0.15) is 0 Å². The summed E-state index contributed by atoms with van der Waals surface area (Å²) in [5.74, 6) is 0. The van der Waals surface area contributed by atoms with Crippen molar-refractivity contribution >= 4 is 21.2 Å². The third kappa shape index (κ3) is 2.14. The van der Waals surface area contributed by atoms with Crippen LogP contribution in [0, 0.1) is 0 Å². The van der Waals surface area contributed by atoms with E-state index in [2.05, 4.69) is 4.90 Å². The SMILES string of the molecule is CS(=O)(=O)c1cc(N)ccc1N1CCCC1. The Hall–Kier alpha value is -1.23. The molecule has 0 aromatic heterocycles. The number of nitrogens with two attached hydrogens (primary N) is 1. The van der Waals surface area contributed by atoms with E-state index in [-0.39, 0.29) is 0 Å². The van der Waals surface area contributed by atoms with E-state index in [0.717, 1.165) is 31.6 Å². The Labute approximate surface area is 96.0 Å². The fourth-order valence-corrected chi connectivity index (χ4v) is 2.97. The molecule has 1 aromatic rings. The fraction of sp³-hybridized carbons (Fsp3) is 0.455. The van der Waals surface area contributed by atoms with E-state index in [1.165, 1.54) is 6.26 Å². The first-order valence-electron chi connectivity index (χ1n) is 5.33. The predicted molar refractivity (Wildman–Crippen MR) is 65.4 cm³/mol. The van der Waals surface area contributed by atoms with Crippen LogP contribution in [0.15, 0.2) is 23.1 Å². The number of rotatable bonds is 2. The first kappa shape index (κ1) is 11.3. The topological polar surface area (TPSA) is 63.4 Å².